The zero-order valence-electron chi connectivity index (χ0n) is 11.0. The van der Waals surface area contributed by atoms with E-state index in [-0.39, 0.29) is 11.0 Å². The molecule has 0 bridgehead atoms. The Kier molecular flexibility index (Phi) is 4.65. The summed E-state index contributed by atoms with van der Waals surface area (Å²) in [6.07, 6.45) is 1.65. The van der Waals surface area contributed by atoms with Gasteiger partial charge in [0.15, 0.2) is 10.2 Å². The van der Waals surface area contributed by atoms with Gasteiger partial charge < -0.3 is 10.1 Å². The van der Waals surface area contributed by atoms with E-state index in [4.69, 9.17) is 17.0 Å². The zero-order valence-corrected chi connectivity index (χ0v) is 12.6. The summed E-state index contributed by atoms with van der Waals surface area (Å²) in [6, 6.07) is 5.36. The van der Waals surface area contributed by atoms with E-state index < -0.39 is 0 Å². The highest BCUT2D eigenvalue weighted by atomic mass is 32.1. The number of thiazole rings is 1. The topological polar surface area (TPSA) is 63.2 Å². The van der Waals surface area contributed by atoms with Crippen LogP contribution in [0.1, 0.15) is 15.9 Å². The number of carbonyl (C=O) groups is 1. The summed E-state index contributed by atoms with van der Waals surface area (Å²) in [7, 11) is 1.53. The van der Waals surface area contributed by atoms with Crippen molar-refractivity contribution >= 4 is 39.7 Å². The van der Waals surface area contributed by atoms with Crippen LogP contribution in [0, 0.1) is 6.92 Å². The number of hydrogen-bond donors (Lipinski definition) is 2. The molecule has 0 aliphatic rings. The second kappa shape index (κ2) is 6.44. The molecule has 0 saturated carbocycles. The molecular weight excluding hydrogens is 294 g/mol. The van der Waals surface area contributed by atoms with Crippen LogP contribution in [0.5, 0.6) is 5.75 Å². The quantitative estimate of drug-likeness (QED) is 0.853. The number of nitrogens with one attached hydrogen (secondary N) is 2. The Morgan fingerprint density at radius 3 is 2.90 bits per heavy atom. The van der Waals surface area contributed by atoms with Gasteiger partial charge >= 0.3 is 0 Å². The van der Waals surface area contributed by atoms with Gasteiger partial charge in [-0.1, -0.05) is 12.1 Å². The summed E-state index contributed by atoms with van der Waals surface area (Å²) >= 11 is 6.47. The normalized spacial score (nSPS) is 9.90. The van der Waals surface area contributed by atoms with E-state index in [1.165, 1.54) is 18.4 Å². The van der Waals surface area contributed by atoms with Gasteiger partial charge in [-0.25, -0.2) is 4.98 Å². The summed E-state index contributed by atoms with van der Waals surface area (Å²) in [5.41, 5.74) is 1.33. The van der Waals surface area contributed by atoms with Crippen LogP contribution in [-0.4, -0.2) is 23.1 Å². The van der Waals surface area contributed by atoms with E-state index in [0.717, 1.165) is 5.56 Å². The Labute approximate surface area is 126 Å². The van der Waals surface area contributed by atoms with Gasteiger partial charge in [-0.15, -0.1) is 11.3 Å². The number of amides is 1. The van der Waals surface area contributed by atoms with E-state index in [2.05, 4.69) is 15.6 Å². The summed E-state index contributed by atoms with van der Waals surface area (Å²) in [4.78, 5) is 16.2. The molecule has 1 amide bonds. The third-order valence-electron chi connectivity index (χ3n) is 2.54. The third-order valence-corrected chi connectivity index (χ3v) is 3.43. The first kappa shape index (κ1) is 14.4. The fraction of sp³-hybridized carbons (Fsp3) is 0.154. The van der Waals surface area contributed by atoms with Crippen molar-refractivity contribution in [1.82, 2.24) is 10.3 Å². The maximum Gasteiger partial charge on any atom is 0.261 e. The Balaban J connectivity index is 2.08. The number of aryl methyl sites for hydroxylation is 1. The molecule has 2 aromatic rings. The highest BCUT2D eigenvalue weighted by Gasteiger charge is 2.15. The number of ether oxygens (including phenoxy) is 1. The van der Waals surface area contributed by atoms with Gasteiger partial charge in [-0.05, 0) is 30.8 Å². The van der Waals surface area contributed by atoms with Crippen LogP contribution in [0.2, 0.25) is 0 Å². The Morgan fingerprint density at radius 1 is 1.45 bits per heavy atom. The molecule has 0 aliphatic heterocycles. The van der Waals surface area contributed by atoms with Crippen LogP contribution in [-0.2, 0) is 0 Å². The molecule has 2 rings (SSSR count). The largest absolute Gasteiger partial charge is 0.496 e. The second-order valence-electron chi connectivity index (χ2n) is 3.90. The van der Waals surface area contributed by atoms with Gasteiger partial charge in [0, 0.05) is 11.6 Å². The monoisotopic (exact) mass is 307 g/mol. The molecule has 1 heterocycles. The fourth-order valence-corrected chi connectivity index (χ4v) is 2.47. The minimum atomic E-state index is -0.320. The van der Waals surface area contributed by atoms with Crippen molar-refractivity contribution in [2.24, 2.45) is 0 Å². The molecule has 0 unspecified atom stereocenters. The molecule has 7 heteroatoms. The van der Waals surface area contributed by atoms with Crippen molar-refractivity contribution in [1.29, 1.82) is 0 Å². The van der Waals surface area contributed by atoms with E-state index in [0.29, 0.717) is 16.4 Å². The maximum absolute atomic E-state index is 12.2. The molecule has 5 nitrogen and oxygen atoms in total. The van der Waals surface area contributed by atoms with E-state index >= 15 is 0 Å². The number of methoxy groups -OCH3 is 1. The van der Waals surface area contributed by atoms with Gasteiger partial charge in [0.2, 0.25) is 0 Å². The predicted molar refractivity (Wildman–Crippen MR) is 83.5 cm³/mol. The van der Waals surface area contributed by atoms with Gasteiger partial charge in [-0.2, -0.15) is 0 Å². The number of carbonyl (C=O) groups excluding carboxylic acids is 1. The molecule has 0 saturated heterocycles. The van der Waals surface area contributed by atoms with Gasteiger partial charge in [0.1, 0.15) is 5.75 Å². The van der Waals surface area contributed by atoms with E-state index in [1.807, 2.05) is 18.4 Å². The lowest BCUT2D eigenvalue weighted by molar-refractivity contribution is 0.0974. The lowest BCUT2D eigenvalue weighted by atomic mass is 10.1. The summed E-state index contributed by atoms with van der Waals surface area (Å²) in [5, 5.41) is 8.09. The average Bonchev–Trinajstić information content (AvgIpc) is 2.90. The minimum Gasteiger partial charge on any atom is -0.496 e. The van der Waals surface area contributed by atoms with Crippen molar-refractivity contribution in [3.05, 3.63) is 40.9 Å². The number of thiocarbonyl (C=S) groups is 1. The van der Waals surface area contributed by atoms with Crippen molar-refractivity contribution < 1.29 is 9.53 Å². The Hall–Kier alpha value is -1.99. The first-order chi connectivity index (χ1) is 9.61. The van der Waals surface area contributed by atoms with Gasteiger partial charge in [0.25, 0.3) is 5.91 Å². The van der Waals surface area contributed by atoms with Crippen LogP contribution >= 0.6 is 23.6 Å². The van der Waals surface area contributed by atoms with Crippen LogP contribution < -0.4 is 15.4 Å². The Morgan fingerprint density at radius 2 is 2.25 bits per heavy atom. The van der Waals surface area contributed by atoms with Gasteiger partial charge in [0.05, 0.1) is 12.7 Å². The number of hydrogen-bond acceptors (Lipinski definition) is 5. The van der Waals surface area contributed by atoms with Gasteiger partial charge in [-0.3, -0.25) is 10.1 Å². The Bertz CT molecular complexity index is 627. The van der Waals surface area contributed by atoms with E-state index in [9.17, 15) is 4.79 Å². The molecule has 0 radical (unpaired) electrons. The summed E-state index contributed by atoms with van der Waals surface area (Å²) < 4.78 is 5.25. The number of para-hydroxylation sites is 1. The third kappa shape index (κ3) is 3.31. The number of rotatable bonds is 3. The highest BCUT2D eigenvalue weighted by molar-refractivity contribution is 7.80. The molecule has 104 valence electrons. The average molecular weight is 307 g/mol. The first-order valence-corrected chi connectivity index (χ1v) is 7.06. The van der Waals surface area contributed by atoms with Crippen LogP contribution in [0.25, 0.3) is 0 Å². The lowest BCUT2D eigenvalue weighted by Gasteiger charge is -2.12. The fourth-order valence-electron chi connectivity index (χ4n) is 1.69. The second-order valence-corrected chi connectivity index (χ2v) is 5.20. The van der Waals surface area contributed by atoms with Crippen LogP contribution in [0.4, 0.5) is 5.13 Å². The first-order valence-electron chi connectivity index (χ1n) is 5.77. The van der Waals surface area contributed by atoms with E-state index in [1.54, 1.807) is 18.3 Å². The molecule has 1 aromatic carbocycles. The smallest absolute Gasteiger partial charge is 0.261 e. The zero-order chi connectivity index (χ0) is 14.5. The van der Waals surface area contributed by atoms with Crippen molar-refractivity contribution in [2.75, 3.05) is 12.4 Å². The van der Waals surface area contributed by atoms with Crippen LogP contribution in [0.15, 0.2) is 29.8 Å². The molecule has 2 N–H and O–H groups in total. The minimum absolute atomic E-state index is 0.202. The molecule has 0 atom stereocenters. The van der Waals surface area contributed by atoms with Crippen molar-refractivity contribution in [2.45, 2.75) is 6.92 Å². The van der Waals surface area contributed by atoms with Crippen molar-refractivity contribution in [3.63, 3.8) is 0 Å². The lowest BCUT2D eigenvalue weighted by Crippen LogP contribution is -2.34. The predicted octanol–water partition coefficient (Wildman–Crippen LogP) is 2.59. The molecular formula is C13H13N3O2S2. The number of aromatic nitrogens is 1. The summed E-state index contributed by atoms with van der Waals surface area (Å²) in [5.74, 6) is 0.224. The number of nitrogens with zero attached hydrogens (tertiary/aromatic N) is 1. The molecule has 1 aromatic heterocycles. The standard InChI is InChI=1S/C13H13N3O2S2/c1-8-4-3-5-9(10(8)18-2)11(17)15-12(19)16-13-14-6-7-20-13/h3-7H,1-2H3,(H2,14,15,16,17,19). The SMILES string of the molecule is COc1c(C)cccc1C(=O)NC(=S)Nc1nccs1. The molecule has 0 aliphatic carbocycles. The number of benzene rings is 1. The molecule has 0 spiro atoms. The summed E-state index contributed by atoms with van der Waals surface area (Å²) in [6.45, 7) is 1.88. The highest BCUT2D eigenvalue weighted by Crippen LogP contribution is 2.22. The van der Waals surface area contributed by atoms with Crippen LogP contribution in [0.3, 0.4) is 0 Å². The molecule has 0 fully saturated rings. The molecule has 20 heavy (non-hydrogen) atoms. The maximum atomic E-state index is 12.2. The number of anilines is 1. The van der Waals surface area contributed by atoms with Crippen molar-refractivity contribution in [3.8, 4) is 5.75 Å².